The lowest BCUT2D eigenvalue weighted by Crippen LogP contribution is -2.30. The van der Waals surface area contributed by atoms with E-state index in [0.29, 0.717) is 37.7 Å². The Morgan fingerprint density at radius 1 is 1.45 bits per heavy atom. The number of anilines is 1. The van der Waals surface area contributed by atoms with Crippen molar-refractivity contribution in [2.75, 3.05) is 24.5 Å². The van der Waals surface area contributed by atoms with Gasteiger partial charge in [0.25, 0.3) is 0 Å². The lowest BCUT2D eigenvalue weighted by Gasteiger charge is -2.21. The van der Waals surface area contributed by atoms with Gasteiger partial charge in [-0.15, -0.1) is 0 Å². The summed E-state index contributed by atoms with van der Waals surface area (Å²) in [6, 6.07) is 5.37. The topological polar surface area (TPSA) is 35.5 Å². The summed E-state index contributed by atoms with van der Waals surface area (Å²) in [4.78, 5) is 1.92. The van der Waals surface area contributed by atoms with E-state index in [2.05, 4.69) is 19.2 Å². The van der Waals surface area contributed by atoms with Crippen LogP contribution in [0.4, 0.5) is 10.1 Å². The minimum atomic E-state index is -0.704. The molecule has 1 aliphatic heterocycles. The fraction of sp³-hybridized carbons (Fsp3) is 0.625. The first-order valence-corrected chi connectivity index (χ1v) is 7.34. The molecule has 0 bridgehead atoms. The van der Waals surface area contributed by atoms with Crippen LogP contribution in [0.5, 0.6) is 0 Å². The lowest BCUT2D eigenvalue weighted by atomic mass is 10.1. The molecule has 0 radical (unpaired) electrons. The van der Waals surface area contributed by atoms with Crippen LogP contribution < -0.4 is 10.2 Å². The minimum absolute atomic E-state index is 0.202. The van der Waals surface area contributed by atoms with Gasteiger partial charge in [0.1, 0.15) is 5.82 Å². The number of halogens is 1. The van der Waals surface area contributed by atoms with Gasteiger partial charge in [-0.05, 0) is 43.5 Å². The lowest BCUT2D eigenvalue weighted by molar-refractivity contribution is 0.0839. The van der Waals surface area contributed by atoms with E-state index in [-0.39, 0.29) is 5.82 Å². The van der Waals surface area contributed by atoms with Crippen LogP contribution >= 0.6 is 0 Å². The molecule has 0 amide bonds. The van der Waals surface area contributed by atoms with E-state index in [1.165, 1.54) is 0 Å². The monoisotopic (exact) mass is 280 g/mol. The Morgan fingerprint density at radius 3 is 2.75 bits per heavy atom. The fourth-order valence-electron chi connectivity index (χ4n) is 2.57. The Hall–Kier alpha value is -1.13. The van der Waals surface area contributed by atoms with Crippen molar-refractivity contribution in [3.63, 3.8) is 0 Å². The van der Waals surface area contributed by atoms with Crippen LogP contribution in [0, 0.1) is 11.7 Å². The first-order chi connectivity index (χ1) is 9.37. The van der Waals surface area contributed by atoms with E-state index in [1.807, 2.05) is 17.0 Å². The summed E-state index contributed by atoms with van der Waals surface area (Å²) < 4.78 is 14.2. The van der Waals surface area contributed by atoms with Gasteiger partial charge in [-0.25, -0.2) is 4.39 Å². The van der Waals surface area contributed by atoms with E-state index >= 15 is 0 Å². The molecule has 1 unspecified atom stereocenters. The number of rotatable bonds is 5. The van der Waals surface area contributed by atoms with Crippen molar-refractivity contribution in [3.05, 3.63) is 29.6 Å². The molecular weight excluding hydrogens is 255 g/mol. The summed E-state index contributed by atoms with van der Waals surface area (Å²) >= 11 is 0. The molecule has 0 aromatic heterocycles. The minimum Gasteiger partial charge on any atom is -0.388 e. The van der Waals surface area contributed by atoms with Crippen molar-refractivity contribution >= 4 is 5.69 Å². The number of aliphatic hydroxyl groups is 1. The number of nitrogens with zero attached hydrogens (tertiary/aromatic N) is 1. The van der Waals surface area contributed by atoms with E-state index in [1.54, 1.807) is 13.0 Å². The molecular formula is C16H25FN2O. The van der Waals surface area contributed by atoms with Gasteiger partial charge in [0.15, 0.2) is 0 Å². The van der Waals surface area contributed by atoms with E-state index < -0.39 is 5.60 Å². The zero-order valence-corrected chi connectivity index (χ0v) is 12.6. The second-order valence-electron chi connectivity index (χ2n) is 6.48. The van der Waals surface area contributed by atoms with Crippen LogP contribution in [0.15, 0.2) is 18.2 Å². The van der Waals surface area contributed by atoms with Crippen molar-refractivity contribution in [1.29, 1.82) is 0 Å². The normalized spacial score (nSPS) is 22.8. The predicted octanol–water partition coefficient (Wildman–Crippen LogP) is 2.53. The molecule has 1 saturated heterocycles. The van der Waals surface area contributed by atoms with Crippen molar-refractivity contribution in [1.82, 2.24) is 5.32 Å². The second-order valence-corrected chi connectivity index (χ2v) is 6.48. The number of hydrogen-bond acceptors (Lipinski definition) is 3. The zero-order valence-electron chi connectivity index (χ0n) is 12.6. The highest BCUT2D eigenvalue weighted by Gasteiger charge is 2.32. The fourth-order valence-corrected chi connectivity index (χ4v) is 2.57. The maximum absolute atomic E-state index is 14.2. The average molecular weight is 280 g/mol. The number of nitrogens with one attached hydrogen (secondary N) is 1. The molecule has 1 fully saturated rings. The van der Waals surface area contributed by atoms with Crippen molar-refractivity contribution in [3.8, 4) is 0 Å². The van der Waals surface area contributed by atoms with Gasteiger partial charge < -0.3 is 15.3 Å². The molecule has 20 heavy (non-hydrogen) atoms. The quantitative estimate of drug-likeness (QED) is 0.870. The molecule has 1 atom stereocenters. The molecule has 0 saturated carbocycles. The number of β-amino-alcohol motifs (C(OH)–C–C–N with tert-alkyl or cyclic N) is 1. The van der Waals surface area contributed by atoms with Gasteiger partial charge >= 0.3 is 0 Å². The summed E-state index contributed by atoms with van der Waals surface area (Å²) in [5.41, 5.74) is 0.845. The summed E-state index contributed by atoms with van der Waals surface area (Å²) in [5, 5.41) is 13.3. The van der Waals surface area contributed by atoms with Gasteiger partial charge in [0.05, 0.1) is 11.3 Å². The molecule has 1 aromatic rings. The maximum atomic E-state index is 14.2. The summed E-state index contributed by atoms with van der Waals surface area (Å²) in [5.74, 6) is 0.387. The van der Waals surface area contributed by atoms with Gasteiger partial charge in [-0.3, -0.25) is 0 Å². The highest BCUT2D eigenvalue weighted by molar-refractivity contribution is 5.50. The van der Waals surface area contributed by atoms with E-state index in [4.69, 9.17) is 0 Å². The summed E-state index contributed by atoms with van der Waals surface area (Å²) in [6.45, 7) is 8.91. The third-order valence-electron chi connectivity index (χ3n) is 3.69. The highest BCUT2D eigenvalue weighted by Crippen LogP contribution is 2.28. The van der Waals surface area contributed by atoms with E-state index in [0.717, 1.165) is 12.1 Å². The zero-order chi connectivity index (χ0) is 14.8. The average Bonchev–Trinajstić information content (AvgIpc) is 2.69. The Kier molecular flexibility index (Phi) is 4.66. The second kappa shape index (κ2) is 6.10. The van der Waals surface area contributed by atoms with Crippen molar-refractivity contribution < 1.29 is 9.50 Å². The molecule has 4 heteroatoms. The third-order valence-corrected chi connectivity index (χ3v) is 3.69. The van der Waals surface area contributed by atoms with Gasteiger partial charge in [-0.2, -0.15) is 0 Å². The standard InChI is InChI=1S/C16H25FN2O/c1-12(2)9-18-10-13-4-5-15(14(17)8-13)19-7-6-16(3,20)11-19/h4-5,8,12,18,20H,6-7,9-11H2,1-3H3. The van der Waals surface area contributed by atoms with Gasteiger partial charge in [-0.1, -0.05) is 19.9 Å². The van der Waals surface area contributed by atoms with Crippen LogP contribution in [0.25, 0.3) is 0 Å². The van der Waals surface area contributed by atoms with Gasteiger partial charge in [0.2, 0.25) is 0 Å². The van der Waals surface area contributed by atoms with Crippen LogP contribution in [0.1, 0.15) is 32.8 Å². The molecule has 0 spiro atoms. The Balaban J connectivity index is 1.99. The summed E-state index contributed by atoms with van der Waals surface area (Å²) in [7, 11) is 0. The molecule has 0 aliphatic carbocycles. The smallest absolute Gasteiger partial charge is 0.146 e. The number of hydrogen-bond donors (Lipinski definition) is 2. The van der Waals surface area contributed by atoms with Crippen LogP contribution in [0.2, 0.25) is 0 Å². The third kappa shape index (κ3) is 3.93. The van der Waals surface area contributed by atoms with Crippen LogP contribution in [-0.4, -0.2) is 30.3 Å². The van der Waals surface area contributed by atoms with Gasteiger partial charge in [0, 0.05) is 19.6 Å². The van der Waals surface area contributed by atoms with Crippen molar-refractivity contribution in [2.45, 2.75) is 39.3 Å². The molecule has 2 rings (SSSR count). The Bertz CT molecular complexity index is 460. The Labute approximate surface area is 120 Å². The highest BCUT2D eigenvalue weighted by atomic mass is 19.1. The molecule has 1 aliphatic rings. The summed E-state index contributed by atoms with van der Waals surface area (Å²) in [6.07, 6.45) is 0.685. The number of benzene rings is 1. The van der Waals surface area contributed by atoms with Crippen molar-refractivity contribution in [2.24, 2.45) is 5.92 Å². The first-order valence-electron chi connectivity index (χ1n) is 7.34. The maximum Gasteiger partial charge on any atom is 0.146 e. The predicted molar refractivity (Wildman–Crippen MR) is 80.4 cm³/mol. The van der Waals surface area contributed by atoms with Crippen LogP contribution in [0.3, 0.4) is 0 Å². The molecule has 112 valence electrons. The largest absolute Gasteiger partial charge is 0.388 e. The Morgan fingerprint density at radius 2 is 2.20 bits per heavy atom. The molecule has 1 aromatic carbocycles. The molecule has 2 N–H and O–H groups in total. The van der Waals surface area contributed by atoms with E-state index in [9.17, 15) is 9.50 Å². The molecule has 1 heterocycles. The SMILES string of the molecule is CC(C)CNCc1ccc(N2CCC(C)(O)C2)c(F)c1. The molecule has 3 nitrogen and oxygen atoms in total. The van der Waals surface area contributed by atoms with Crippen LogP contribution in [-0.2, 0) is 6.54 Å². The first kappa shape index (κ1) is 15.3.